The van der Waals surface area contributed by atoms with Gasteiger partial charge in [-0.3, -0.25) is 0 Å². The summed E-state index contributed by atoms with van der Waals surface area (Å²) in [5, 5.41) is 10.3. The second kappa shape index (κ2) is 4.13. The molecule has 0 aliphatic heterocycles. The molecule has 0 aliphatic rings. The van der Waals surface area contributed by atoms with E-state index in [2.05, 4.69) is 0 Å². The maximum Gasteiger partial charge on any atom is 0.342 e. The smallest absolute Gasteiger partial charge is 0.342 e. The van der Waals surface area contributed by atoms with Gasteiger partial charge in [0, 0.05) is 10.9 Å². The number of fused-ring (bicyclic) bond motifs is 1. The number of phenols is 1. The predicted octanol–water partition coefficient (Wildman–Crippen LogP) is 2.93. The second-order valence-corrected chi connectivity index (χ2v) is 3.84. The van der Waals surface area contributed by atoms with Crippen molar-refractivity contribution < 1.29 is 19.1 Å². The van der Waals surface area contributed by atoms with Crippen LogP contribution in [-0.2, 0) is 4.74 Å². The largest absolute Gasteiger partial charge is 0.508 e. The zero-order chi connectivity index (χ0) is 12.6. The van der Waals surface area contributed by atoms with Crippen molar-refractivity contribution in [3.8, 4) is 5.75 Å². The van der Waals surface area contributed by atoms with E-state index in [0.29, 0.717) is 34.5 Å². The average Bonchev–Trinajstić information content (AvgIpc) is 2.61. The van der Waals surface area contributed by atoms with Crippen molar-refractivity contribution in [1.82, 2.24) is 0 Å². The van der Waals surface area contributed by atoms with Crippen molar-refractivity contribution >= 4 is 16.9 Å². The lowest BCUT2D eigenvalue weighted by molar-refractivity contribution is 0.0526. The van der Waals surface area contributed by atoms with Crippen molar-refractivity contribution in [2.45, 2.75) is 20.8 Å². The molecule has 0 spiro atoms. The van der Waals surface area contributed by atoms with Gasteiger partial charge in [-0.15, -0.1) is 0 Å². The molecule has 2 aromatic rings. The predicted molar refractivity (Wildman–Crippen MR) is 63.3 cm³/mol. The summed E-state index contributed by atoms with van der Waals surface area (Å²) in [5.74, 6) is 0.266. The van der Waals surface area contributed by atoms with Crippen LogP contribution in [0.2, 0.25) is 0 Å². The molecule has 4 heteroatoms. The van der Waals surface area contributed by atoms with E-state index in [0.717, 1.165) is 0 Å². The normalized spacial score (nSPS) is 10.8. The van der Waals surface area contributed by atoms with Crippen LogP contribution < -0.4 is 0 Å². The average molecular weight is 234 g/mol. The SMILES string of the molecule is CCOC(=O)c1c(C)oc2c(C)c(O)ccc12. The minimum Gasteiger partial charge on any atom is -0.508 e. The maximum absolute atomic E-state index is 11.8. The molecule has 1 aromatic carbocycles. The van der Waals surface area contributed by atoms with Gasteiger partial charge in [0.1, 0.15) is 22.7 Å². The number of hydrogen-bond acceptors (Lipinski definition) is 4. The molecular formula is C13H14O4. The summed E-state index contributed by atoms with van der Waals surface area (Å²) in [5.41, 5.74) is 1.59. The van der Waals surface area contributed by atoms with Crippen LogP contribution in [0.4, 0.5) is 0 Å². The van der Waals surface area contributed by atoms with Crippen LogP contribution >= 0.6 is 0 Å². The van der Waals surface area contributed by atoms with Gasteiger partial charge in [0.2, 0.25) is 0 Å². The molecule has 0 amide bonds. The quantitative estimate of drug-likeness (QED) is 0.811. The van der Waals surface area contributed by atoms with Gasteiger partial charge >= 0.3 is 5.97 Å². The van der Waals surface area contributed by atoms with Crippen LogP contribution in [0.1, 0.15) is 28.6 Å². The zero-order valence-corrected chi connectivity index (χ0v) is 10.0. The first-order chi connectivity index (χ1) is 8.06. The van der Waals surface area contributed by atoms with E-state index in [-0.39, 0.29) is 5.75 Å². The second-order valence-electron chi connectivity index (χ2n) is 3.84. The van der Waals surface area contributed by atoms with Crippen molar-refractivity contribution in [2.75, 3.05) is 6.61 Å². The lowest BCUT2D eigenvalue weighted by Gasteiger charge is -2.01. The molecule has 0 aliphatic carbocycles. The van der Waals surface area contributed by atoms with Crippen LogP contribution in [0, 0.1) is 13.8 Å². The van der Waals surface area contributed by atoms with Crippen LogP contribution in [0.25, 0.3) is 11.0 Å². The molecule has 1 N–H and O–H groups in total. The molecule has 0 saturated heterocycles. The van der Waals surface area contributed by atoms with Gasteiger partial charge in [-0.05, 0) is 32.9 Å². The van der Waals surface area contributed by atoms with Crippen molar-refractivity contribution in [1.29, 1.82) is 0 Å². The Morgan fingerprint density at radius 1 is 1.41 bits per heavy atom. The van der Waals surface area contributed by atoms with Gasteiger partial charge in [-0.1, -0.05) is 0 Å². The minimum absolute atomic E-state index is 0.154. The summed E-state index contributed by atoms with van der Waals surface area (Å²) in [6, 6.07) is 3.22. The Bertz CT molecular complexity index is 581. The molecular weight excluding hydrogens is 220 g/mol. The Balaban J connectivity index is 2.69. The van der Waals surface area contributed by atoms with Crippen LogP contribution in [0.5, 0.6) is 5.75 Å². The van der Waals surface area contributed by atoms with Gasteiger partial charge in [0.15, 0.2) is 0 Å². The monoisotopic (exact) mass is 234 g/mol. The van der Waals surface area contributed by atoms with Gasteiger partial charge < -0.3 is 14.3 Å². The van der Waals surface area contributed by atoms with E-state index in [1.165, 1.54) is 0 Å². The Labute approximate surface area is 98.8 Å². The molecule has 4 nitrogen and oxygen atoms in total. The zero-order valence-electron chi connectivity index (χ0n) is 10.0. The molecule has 0 atom stereocenters. The molecule has 0 unspecified atom stereocenters. The molecule has 1 aromatic heterocycles. The number of rotatable bonds is 2. The summed E-state index contributed by atoms with van der Waals surface area (Å²) >= 11 is 0. The van der Waals surface area contributed by atoms with Gasteiger partial charge in [-0.2, -0.15) is 0 Å². The lowest BCUT2D eigenvalue weighted by Crippen LogP contribution is -2.05. The molecule has 0 radical (unpaired) electrons. The molecule has 17 heavy (non-hydrogen) atoms. The van der Waals surface area contributed by atoms with Gasteiger partial charge in [-0.25, -0.2) is 4.79 Å². The van der Waals surface area contributed by atoms with E-state index in [4.69, 9.17) is 9.15 Å². The number of esters is 1. The lowest BCUT2D eigenvalue weighted by atomic mass is 10.1. The highest BCUT2D eigenvalue weighted by atomic mass is 16.5. The van der Waals surface area contributed by atoms with E-state index in [9.17, 15) is 9.90 Å². The number of furan rings is 1. The highest BCUT2D eigenvalue weighted by Gasteiger charge is 2.21. The minimum atomic E-state index is -0.395. The molecule has 0 fully saturated rings. The number of ether oxygens (including phenoxy) is 1. The highest BCUT2D eigenvalue weighted by molar-refractivity contribution is 6.05. The fourth-order valence-electron chi connectivity index (χ4n) is 1.86. The summed E-state index contributed by atoms with van der Waals surface area (Å²) in [6.45, 7) is 5.53. The third kappa shape index (κ3) is 1.75. The summed E-state index contributed by atoms with van der Waals surface area (Å²) in [7, 11) is 0. The van der Waals surface area contributed by atoms with Crippen molar-refractivity contribution in [3.63, 3.8) is 0 Å². The first kappa shape index (κ1) is 11.5. The maximum atomic E-state index is 11.8. The number of hydrogen-bond donors (Lipinski definition) is 1. The van der Waals surface area contributed by atoms with E-state index in [1.807, 2.05) is 0 Å². The number of aryl methyl sites for hydroxylation is 2. The fraction of sp³-hybridized carbons (Fsp3) is 0.308. The molecule has 0 saturated carbocycles. The first-order valence-corrected chi connectivity index (χ1v) is 5.45. The first-order valence-electron chi connectivity index (χ1n) is 5.45. The van der Waals surface area contributed by atoms with E-state index < -0.39 is 5.97 Å². The van der Waals surface area contributed by atoms with Crippen LogP contribution in [0.3, 0.4) is 0 Å². The highest BCUT2D eigenvalue weighted by Crippen LogP contribution is 2.32. The number of phenolic OH excluding ortho intramolecular Hbond substituents is 1. The third-order valence-corrected chi connectivity index (χ3v) is 2.73. The summed E-state index contributed by atoms with van der Waals surface area (Å²) < 4.78 is 10.5. The van der Waals surface area contributed by atoms with E-state index in [1.54, 1.807) is 32.9 Å². The van der Waals surface area contributed by atoms with Gasteiger partial charge in [0.05, 0.1) is 6.61 Å². The van der Waals surface area contributed by atoms with Crippen LogP contribution in [-0.4, -0.2) is 17.7 Å². The number of carbonyl (C=O) groups is 1. The molecule has 0 bridgehead atoms. The van der Waals surface area contributed by atoms with Crippen molar-refractivity contribution in [2.24, 2.45) is 0 Å². The fourth-order valence-corrected chi connectivity index (χ4v) is 1.86. The number of benzene rings is 1. The van der Waals surface area contributed by atoms with Crippen LogP contribution in [0.15, 0.2) is 16.5 Å². The number of aromatic hydroxyl groups is 1. The van der Waals surface area contributed by atoms with Gasteiger partial charge in [0.25, 0.3) is 0 Å². The van der Waals surface area contributed by atoms with E-state index >= 15 is 0 Å². The number of carbonyl (C=O) groups excluding carboxylic acids is 1. The Kier molecular flexibility index (Phi) is 2.79. The van der Waals surface area contributed by atoms with Crippen molar-refractivity contribution in [3.05, 3.63) is 29.0 Å². The Hall–Kier alpha value is -1.97. The summed E-state index contributed by atoms with van der Waals surface area (Å²) in [6.07, 6.45) is 0. The molecule has 90 valence electrons. The molecule has 1 heterocycles. The summed E-state index contributed by atoms with van der Waals surface area (Å²) in [4.78, 5) is 11.8. The topological polar surface area (TPSA) is 59.7 Å². The standard InChI is InChI=1S/C13H14O4/c1-4-16-13(15)11-8(3)17-12-7(2)10(14)6-5-9(11)12/h5-6,14H,4H2,1-3H3. The molecule has 2 rings (SSSR count). The Morgan fingerprint density at radius 2 is 2.12 bits per heavy atom. The third-order valence-electron chi connectivity index (χ3n) is 2.73. The Morgan fingerprint density at radius 3 is 2.76 bits per heavy atom.